The van der Waals surface area contributed by atoms with Crippen LogP contribution < -0.4 is 9.62 Å². The fourth-order valence-electron chi connectivity index (χ4n) is 4.56. The zero-order valence-electron chi connectivity index (χ0n) is 23.6. The molecule has 41 heavy (non-hydrogen) atoms. The zero-order valence-corrected chi connectivity index (χ0v) is 26.0. The van der Waals surface area contributed by atoms with Crippen LogP contribution in [0.3, 0.4) is 0 Å². The van der Waals surface area contributed by atoms with Crippen LogP contribution in [0.5, 0.6) is 0 Å². The molecule has 3 rings (SSSR count). The number of rotatable bonds is 14. The van der Waals surface area contributed by atoms with Gasteiger partial charge in [-0.15, -0.1) is 0 Å². The highest BCUT2D eigenvalue weighted by atomic mass is 35.5. The smallest absolute Gasteiger partial charge is 0.244 e. The normalized spacial score (nSPS) is 12.0. The summed E-state index contributed by atoms with van der Waals surface area (Å²) in [7, 11) is -3.86. The lowest BCUT2D eigenvalue weighted by molar-refractivity contribution is -0.140. The maximum atomic E-state index is 14.2. The summed E-state index contributed by atoms with van der Waals surface area (Å²) in [5.74, 6) is -0.886. The van der Waals surface area contributed by atoms with E-state index in [1.54, 1.807) is 30.3 Å². The van der Waals surface area contributed by atoms with E-state index >= 15 is 0 Å². The molecule has 0 radical (unpaired) electrons. The molecule has 0 aliphatic rings. The second-order valence-electron chi connectivity index (χ2n) is 9.82. The molecule has 0 saturated heterocycles. The Hall–Kier alpha value is -3.07. The number of carbonyl (C=O) groups is 2. The number of sulfonamides is 1. The summed E-state index contributed by atoms with van der Waals surface area (Å²) < 4.78 is 27.2. The molecule has 0 aromatic heterocycles. The third kappa shape index (κ3) is 8.96. The van der Waals surface area contributed by atoms with Gasteiger partial charge >= 0.3 is 0 Å². The monoisotopic (exact) mass is 617 g/mol. The van der Waals surface area contributed by atoms with Crippen molar-refractivity contribution in [3.63, 3.8) is 0 Å². The molecule has 0 spiro atoms. The van der Waals surface area contributed by atoms with E-state index in [9.17, 15) is 18.0 Å². The van der Waals surface area contributed by atoms with Gasteiger partial charge in [-0.25, -0.2) is 8.42 Å². The van der Waals surface area contributed by atoms with Gasteiger partial charge in [0.2, 0.25) is 21.8 Å². The van der Waals surface area contributed by atoms with Gasteiger partial charge in [0.05, 0.1) is 11.9 Å². The Kier molecular flexibility index (Phi) is 12.1. The number of nitrogens with zero attached hydrogens (tertiary/aromatic N) is 2. The van der Waals surface area contributed by atoms with Gasteiger partial charge in [-0.05, 0) is 42.2 Å². The van der Waals surface area contributed by atoms with Crippen LogP contribution in [0.4, 0.5) is 5.69 Å². The van der Waals surface area contributed by atoms with Gasteiger partial charge < -0.3 is 10.2 Å². The third-order valence-electron chi connectivity index (χ3n) is 6.81. The molecule has 0 unspecified atom stereocenters. The quantitative estimate of drug-likeness (QED) is 0.229. The third-order valence-corrected chi connectivity index (χ3v) is 8.65. The van der Waals surface area contributed by atoms with Gasteiger partial charge in [-0.3, -0.25) is 13.9 Å². The fourth-order valence-corrected chi connectivity index (χ4v) is 5.96. The van der Waals surface area contributed by atoms with Crippen molar-refractivity contribution in [2.45, 2.75) is 52.1 Å². The van der Waals surface area contributed by atoms with E-state index in [0.29, 0.717) is 34.3 Å². The predicted molar refractivity (Wildman–Crippen MR) is 167 cm³/mol. The molecular formula is C31H37Cl2N3O4S. The van der Waals surface area contributed by atoms with Crippen LogP contribution >= 0.6 is 23.2 Å². The molecular weight excluding hydrogens is 581 g/mol. The minimum atomic E-state index is -3.86. The van der Waals surface area contributed by atoms with Crippen LogP contribution in [0, 0.1) is 0 Å². The van der Waals surface area contributed by atoms with Crippen molar-refractivity contribution >= 4 is 50.7 Å². The summed E-state index contributed by atoms with van der Waals surface area (Å²) in [6.45, 7) is 3.82. The van der Waals surface area contributed by atoms with E-state index in [-0.39, 0.29) is 18.9 Å². The average Bonchev–Trinajstić information content (AvgIpc) is 2.94. The van der Waals surface area contributed by atoms with Gasteiger partial charge in [-0.1, -0.05) is 98.1 Å². The Balaban J connectivity index is 2.10. The highest BCUT2D eigenvalue weighted by Gasteiger charge is 2.34. The van der Waals surface area contributed by atoms with Gasteiger partial charge in [0.15, 0.2) is 0 Å². The number of nitrogens with one attached hydrogen (secondary N) is 1. The van der Waals surface area contributed by atoms with Crippen LogP contribution in [-0.4, -0.2) is 50.5 Å². The molecule has 10 heteroatoms. The van der Waals surface area contributed by atoms with Crippen molar-refractivity contribution in [3.05, 3.63) is 99.5 Å². The number of hydrogen-bond acceptors (Lipinski definition) is 4. The van der Waals surface area contributed by atoms with E-state index in [0.717, 1.165) is 34.5 Å². The number of anilines is 1. The van der Waals surface area contributed by atoms with E-state index in [4.69, 9.17) is 23.2 Å². The molecule has 3 aromatic carbocycles. The molecule has 220 valence electrons. The molecule has 0 fully saturated rings. The lowest BCUT2D eigenvalue weighted by Crippen LogP contribution is -2.53. The summed E-state index contributed by atoms with van der Waals surface area (Å²) in [4.78, 5) is 29.3. The van der Waals surface area contributed by atoms with Crippen molar-refractivity contribution in [3.8, 4) is 0 Å². The average molecular weight is 619 g/mol. The molecule has 3 aromatic rings. The van der Waals surface area contributed by atoms with Gasteiger partial charge in [0, 0.05) is 35.1 Å². The first-order chi connectivity index (χ1) is 19.6. The zero-order chi connectivity index (χ0) is 30.0. The van der Waals surface area contributed by atoms with Gasteiger partial charge in [-0.2, -0.15) is 0 Å². The van der Waals surface area contributed by atoms with Gasteiger partial charge in [0.25, 0.3) is 0 Å². The van der Waals surface area contributed by atoms with Crippen LogP contribution in [0.25, 0.3) is 0 Å². The molecule has 1 atom stereocenters. The van der Waals surface area contributed by atoms with Crippen LogP contribution in [-0.2, 0) is 39.0 Å². The number of carbonyl (C=O) groups excluding carboxylic acids is 2. The van der Waals surface area contributed by atoms with E-state index in [1.807, 2.05) is 56.3 Å². The summed E-state index contributed by atoms with van der Waals surface area (Å²) >= 11 is 13.0. The largest absolute Gasteiger partial charge is 0.354 e. The Morgan fingerprint density at radius 3 is 2.15 bits per heavy atom. The Bertz CT molecular complexity index is 1410. The van der Waals surface area contributed by atoms with Crippen molar-refractivity contribution in [1.82, 2.24) is 10.2 Å². The highest BCUT2D eigenvalue weighted by Crippen LogP contribution is 2.28. The van der Waals surface area contributed by atoms with E-state index in [1.165, 1.54) is 4.90 Å². The Morgan fingerprint density at radius 1 is 0.902 bits per heavy atom. The number of halogens is 2. The molecule has 0 aliphatic carbocycles. The highest BCUT2D eigenvalue weighted by molar-refractivity contribution is 7.92. The Labute approximate surface area is 253 Å². The van der Waals surface area contributed by atoms with E-state index < -0.39 is 28.5 Å². The molecule has 0 aliphatic heterocycles. The molecule has 0 heterocycles. The Morgan fingerprint density at radius 2 is 1.54 bits per heavy atom. The number of amides is 2. The number of unbranched alkanes of at least 4 members (excludes halogenated alkanes) is 1. The summed E-state index contributed by atoms with van der Waals surface area (Å²) in [6.07, 6.45) is 3.54. The standard InChI is InChI=1S/C31H37Cl2N3O4S/c1-4-6-19-34-31(38)29(20-23-13-8-7-9-14-23)35(21-25-26(32)16-12-17-27(25)33)30(37)22-36(41(3,39)40)28-18-11-10-15-24(28)5-2/h7-18,29H,4-6,19-22H2,1-3H3,(H,34,38)/t29-/m0/s1. The minimum Gasteiger partial charge on any atom is -0.354 e. The SMILES string of the molecule is CCCCNC(=O)[C@H](Cc1ccccc1)N(Cc1c(Cl)cccc1Cl)C(=O)CN(c1ccccc1CC)S(C)(=O)=O. The number of aryl methyl sites for hydroxylation is 1. The summed E-state index contributed by atoms with van der Waals surface area (Å²) in [5, 5.41) is 3.65. The maximum Gasteiger partial charge on any atom is 0.244 e. The molecule has 2 amide bonds. The predicted octanol–water partition coefficient (Wildman–Crippen LogP) is 5.88. The van der Waals surface area contributed by atoms with Crippen LogP contribution in [0.15, 0.2) is 72.8 Å². The molecule has 0 saturated carbocycles. The van der Waals surface area contributed by atoms with Crippen LogP contribution in [0.1, 0.15) is 43.4 Å². The first kappa shape index (κ1) is 32.4. The molecule has 1 N–H and O–H groups in total. The second kappa shape index (κ2) is 15.2. The second-order valence-corrected chi connectivity index (χ2v) is 12.5. The lowest BCUT2D eigenvalue weighted by atomic mass is 10.0. The first-order valence-electron chi connectivity index (χ1n) is 13.7. The first-order valence-corrected chi connectivity index (χ1v) is 16.3. The van der Waals surface area contributed by atoms with Crippen LogP contribution in [0.2, 0.25) is 10.0 Å². The van der Waals surface area contributed by atoms with E-state index in [2.05, 4.69) is 5.32 Å². The summed E-state index contributed by atoms with van der Waals surface area (Å²) in [5.41, 5.74) is 2.53. The molecule has 7 nitrogen and oxygen atoms in total. The maximum absolute atomic E-state index is 14.2. The molecule has 0 bridgehead atoms. The minimum absolute atomic E-state index is 0.0803. The lowest BCUT2D eigenvalue weighted by Gasteiger charge is -2.34. The number of para-hydroxylation sites is 1. The van der Waals surface area contributed by atoms with Crippen molar-refractivity contribution in [2.24, 2.45) is 0 Å². The van der Waals surface area contributed by atoms with Gasteiger partial charge in [0.1, 0.15) is 12.6 Å². The number of hydrogen-bond donors (Lipinski definition) is 1. The number of benzene rings is 3. The van der Waals surface area contributed by atoms with Crippen molar-refractivity contribution < 1.29 is 18.0 Å². The van der Waals surface area contributed by atoms with Crippen molar-refractivity contribution in [1.29, 1.82) is 0 Å². The summed E-state index contributed by atoms with van der Waals surface area (Å²) in [6, 6.07) is 20.5. The fraction of sp³-hybridized carbons (Fsp3) is 0.355. The van der Waals surface area contributed by atoms with Crippen molar-refractivity contribution in [2.75, 3.05) is 23.7 Å². The topological polar surface area (TPSA) is 86.8 Å².